The molecule has 0 aliphatic heterocycles. The lowest BCUT2D eigenvalue weighted by atomic mass is 10.2. The van der Waals surface area contributed by atoms with Gasteiger partial charge in [0.2, 0.25) is 0 Å². The van der Waals surface area contributed by atoms with Crippen molar-refractivity contribution in [3.8, 4) is 0 Å². The maximum Gasteiger partial charge on any atom is 0.260 e. The number of nitrogens with one attached hydrogen (secondary N) is 1. The molecule has 1 N–H and O–H groups in total. The van der Waals surface area contributed by atoms with Crippen LogP contribution in [0.15, 0.2) is 35.7 Å². The second kappa shape index (κ2) is 5.50. The lowest BCUT2D eigenvalue weighted by Gasteiger charge is -2.16. The van der Waals surface area contributed by atoms with Crippen LogP contribution in [0.5, 0.6) is 0 Å². The Bertz CT molecular complexity index is 671. The largest absolute Gasteiger partial charge is 0.335 e. The summed E-state index contributed by atoms with van der Waals surface area (Å²) in [6.07, 6.45) is 2.58. The standard InChI is InChI=1S/C11H11Cl2N3O2S/c1-16(19(17,18)11-5-14-7-15-11)6-8-2-3-9(12)10(13)4-8/h2-5,7H,6H2,1H3,(H,14,15). The topological polar surface area (TPSA) is 66.1 Å². The Kier molecular flexibility index (Phi) is 4.15. The van der Waals surface area contributed by atoms with Gasteiger partial charge in [0, 0.05) is 13.6 Å². The number of nitrogens with zero attached hydrogens (tertiary/aromatic N) is 2. The third kappa shape index (κ3) is 3.09. The molecule has 0 saturated carbocycles. The van der Waals surface area contributed by atoms with Crippen molar-refractivity contribution in [2.45, 2.75) is 11.6 Å². The van der Waals surface area contributed by atoms with Crippen LogP contribution in [0.25, 0.3) is 0 Å². The second-order valence-electron chi connectivity index (χ2n) is 3.93. The summed E-state index contributed by atoms with van der Waals surface area (Å²) < 4.78 is 25.5. The van der Waals surface area contributed by atoms with E-state index in [1.54, 1.807) is 18.2 Å². The van der Waals surface area contributed by atoms with Crippen molar-refractivity contribution in [2.75, 3.05) is 7.05 Å². The highest BCUT2D eigenvalue weighted by Gasteiger charge is 2.22. The molecule has 0 radical (unpaired) electrons. The summed E-state index contributed by atoms with van der Waals surface area (Å²) in [4.78, 5) is 6.28. The van der Waals surface area contributed by atoms with E-state index in [1.807, 2.05) is 0 Å². The number of imidazole rings is 1. The number of halogens is 2. The number of benzene rings is 1. The van der Waals surface area contributed by atoms with Crippen LogP contribution in [0, 0.1) is 0 Å². The Labute approximate surface area is 121 Å². The summed E-state index contributed by atoms with van der Waals surface area (Å²) in [6, 6.07) is 5.01. The van der Waals surface area contributed by atoms with Gasteiger partial charge in [0.05, 0.1) is 22.6 Å². The van der Waals surface area contributed by atoms with Gasteiger partial charge >= 0.3 is 0 Å². The molecular formula is C11H11Cl2N3O2S. The number of H-pyrrole nitrogens is 1. The maximum absolute atomic E-state index is 12.1. The number of aromatic nitrogens is 2. The van der Waals surface area contributed by atoms with Crippen LogP contribution in [-0.4, -0.2) is 29.7 Å². The molecule has 0 aliphatic rings. The normalized spacial score (nSPS) is 12.0. The van der Waals surface area contributed by atoms with Gasteiger partial charge in [-0.25, -0.2) is 13.4 Å². The number of rotatable bonds is 4. The molecule has 2 rings (SSSR count). The summed E-state index contributed by atoms with van der Waals surface area (Å²) in [5.74, 6) is 0. The molecule has 2 aromatic rings. The van der Waals surface area contributed by atoms with Gasteiger partial charge in [0.15, 0.2) is 5.03 Å². The lowest BCUT2D eigenvalue weighted by Crippen LogP contribution is -2.26. The van der Waals surface area contributed by atoms with Crippen LogP contribution < -0.4 is 0 Å². The zero-order chi connectivity index (χ0) is 14.0. The van der Waals surface area contributed by atoms with E-state index < -0.39 is 10.0 Å². The minimum atomic E-state index is -3.58. The monoisotopic (exact) mass is 319 g/mol. The Morgan fingerprint density at radius 2 is 2.05 bits per heavy atom. The predicted octanol–water partition coefficient (Wildman–Crippen LogP) is 2.54. The quantitative estimate of drug-likeness (QED) is 0.941. The average molecular weight is 320 g/mol. The number of hydrogen-bond donors (Lipinski definition) is 1. The Morgan fingerprint density at radius 3 is 2.63 bits per heavy atom. The Balaban J connectivity index is 2.21. The Morgan fingerprint density at radius 1 is 1.32 bits per heavy atom. The van der Waals surface area contributed by atoms with Crippen molar-refractivity contribution in [3.05, 3.63) is 46.3 Å². The van der Waals surface area contributed by atoms with Gasteiger partial charge in [-0.15, -0.1) is 0 Å². The third-order valence-electron chi connectivity index (χ3n) is 2.55. The van der Waals surface area contributed by atoms with Crippen molar-refractivity contribution in [1.29, 1.82) is 0 Å². The van der Waals surface area contributed by atoms with E-state index in [0.29, 0.717) is 10.0 Å². The highest BCUT2D eigenvalue weighted by atomic mass is 35.5. The fraction of sp³-hybridized carbons (Fsp3) is 0.182. The number of aromatic amines is 1. The zero-order valence-corrected chi connectivity index (χ0v) is 12.3. The highest BCUT2D eigenvalue weighted by molar-refractivity contribution is 7.89. The molecule has 5 nitrogen and oxygen atoms in total. The van der Waals surface area contributed by atoms with E-state index in [-0.39, 0.29) is 11.6 Å². The fourth-order valence-electron chi connectivity index (χ4n) is 1.53. The molecule has 0 fully saturated rings. The highest BCUT2D eigenvalue weighted by Crippen LogP contribution is 2.24. The minimum Gasteiger partial charge on any atom is -0.335 e. The minimum absolute atomic E-state index is 0.0510. The maximum atomic E-state index is 12.1. The first-order chi connectivity index (χ1) is 8.91. The van der Waals surface area contributed by atoms with E-state index in [2.05, 4.69) is 9.97 Å². The summed E-state index contributed by atoms with van der Waals surface area (Å²) in [7, 11) is -2.09. The van der Waals surface area contributed by atoms with Crippen LogP contribution in [0.4, 0.5) is 0 Å². The number of sulfonamides is 1. The van der Waals surface area contributed by atoms with E-state index in [1.165, 1.54) is 23.9 Å². The molecule has 0 atom stereocenters. The van der Waals surface area contributed by atoms with E-state index in [4.69, 9.17) is 23.2 Å². The van der Waals surface area contributed by atoms with Gasteiger partial charge < -0.3 is 4.98 Å². The van der Waals surface area contributed by atoms with Crippen molar-refractivity contribution >= 4 is 33.2 Å². The molecular weight excluding hydrogens is 309 g/mol. The molecule has 1 aromatic heterocycles. The first kappa shape index (κ1) is 14.3. The van der Waals surface area contributed by atoms with Crippen molar-refractivity contribution in [2.24, 2.45) is 0 Å². The van der Waals surface area contributed by atoms with Crippen molar-refractivity contribution < 1.29 is 8.42 Å². The predicted molar refractivity (Wildman–Crippen MR) is 73.7 cm³/mol. The van der Waals surface area contributed by atoms with Crippen LogP contribution >= 0.6 is 23.2 Å². The molecule has 19 heavy (non-hydrogen) atoms. The summed E-state index contributed by atoms with van der Waals surface area (Å²) >= 11 is 11.7. The molecule has 0 spiro atoms. The molecule has 1 aromatic carbocycles. The average Bonchev–Trinajstić information content (AvgIpc) is 2.88. The number of hydrogen-bond acceptors (Lipinski definition) is 3. The van der Waals surface area contributed by atoms with Gasteiger partial charge in [-0.3, -0.25) is 0 Å². The van der Waals surface area contributed by atoms with Crippen LogP contribution in [0.3, 0.4) is 0 Å². The van der Waals surface area contributed by atoms with Gasteiger partial charge in [-0.1, -0.05) is 29.3 Å². The van der Waals surface area contributed by atoms with E-state index in [0.717, 1.165) is 5.56 Å². The molecule has 0 saturated heterocycles. The van der Waals surface area contributed by atoms with Gasteiger partial charge in [0.1, 0.15) is 0 Å². The van der Waals surface area contributed by atoms with Crippen LogP contribution in [-0.2, 0) is 16.6 Å². The molecule has 0 bridgehead atoms. The Hall–Kier alpha value is -1.08. The van der Waals surface area contributed by atoms with E-state index in [9.17, 15) is 8.42 Å². The molecule has 8 heteroatoms. The first-order valence-corrected chi connectivity index (χ1v) is 7.49. The molecule has 0 amide bonds. The zero-order valence-electron chi connectivity index (χ0n) is 9.97. The van der Waals surface area contributed by atoms with E-state index >= 15 is 0 Å². The lowest BCUT2D eigenvalue weighted by molar-refractivity contribution is 0.464. The SMILES string of the molecule is CN(Cc1ccc(Cl)c(Cl)c1)S(=O)(=O)c1cnc[nH]1. The molecule has 1 heterocycles. The smallest absolute Gasteiger partial charge is 0.260 e. The van der Waals surface area contributed by atoms with Crippen LogP contribution in [0.1, 0.15) is 5.56 Å². The molecule has 102 valence electrons. The second-order valence-corrected chi connectivity index (χ2v) is 6.75. The first-order valence-electron chi connectivity index (χ1n) is 5.30. The molecule has 0 unspecified atom stereocenters. The fourth-order valence-corrected chi connectivity index (χ4v) is 2.90. The van der Waals surface area contributed by atoms with Crippen molar-refractivity contribution in [1.82, 2.24) is 14.3 Å². The van der Waals surface area contributed by atoms with Gasteiger partial charge in [-0.05, 0) is 17.7 Å². The van der Waals surface area contributed by atoms with Crippen molar-refractivity contribution in [3.63, 3.8) is 0 Å². The van der Waals surface area contributed by atoms with Gasteiger partial charge in [-0.2, -0.15) is 4.31 Å². The molecule has 0 aliphatic carbocycles. The third-order valence-corrected chi connectivity index (χ3v) is 5.02. The van der Waals surface area contributed by atoms with Crippen LogP contribution in [0.2, 0.25) is 10.0 Å². The summed E-state index contributed by atoms with van der Waals surface area (Å²) in [5.41, 5.74) is 0.750. The summed E-state index contributed by atoms with van der Waals surface area (Å²) in [5, 5.41) is 0.881. The summed E-state index contributed by atoms with van der Waals surface area (Å²) in [6.45, 7) is 0.193. The van der Waals surface area contributed by atoms with Gasteiger partial charge in [0.25, 0.3) is 10.0 Å².